The maximum atomic E-state index is 14.4. The molecule has 24 heavy (non-hydrogen) atoms. The minimum Gasteiger partial charge on any atom is -0.242 e. The molecule has 0 fully saturated rings. The summed E-state index contributed by atoms with van der Waals surface area (Å²) in [6.07, 6.45) is 0. The van der Waals surface area contributed by atoms with Gasteiger partial charge in [0.05, 0.1) is 32.0 Å². The van der Waals surface area contributed by atoms with Crippen molar-refractivity contribution in [2.24, 2.45) is 0 Å². The molecule has 0 aliphatic rings. The van der Waals surface area contributed by atoms with E-state index in [0.717, 1.165) is 10.2 Å². The Labute approximate surface area is 147 Å². The fourth-order valence-corrected chi connectivity index (χ4v) is 4.17. The molecule has 1 aromatic heterocycles. The van der Waals surface area contributed by atoms with Gasteiger partial charge in [-0.15, -0.1) is 11.3 Å². The summed E-state index contributed by atoms with van der Waals surface area (Å²) in [6, 6.07) is 13.8. The lowest BCUT2D eigenvalue weighted by atomic mass is 10.1. The van der Waals surface area contributed by atoms with E-state index < -0.39 is 21.8 Å². The summed E-state index contributed by atoms with van der Waals surface area (Å²) in [4.78, 5) is 4.62. The Hall–Kier alpha value is -1.63. The molecule has 2 aromatic carbocycles. The third kappa shape index (κ3) is 3.55. The lowest BCUT2D eigenvalue weighted by molar-refractivity contribution is 0.581. The molecule has 6 heteroatoms. The van der Waals surface area contributed by atoms with E-state index in [0.29, 0.717) is 10.6 Å². The van der Waals surface area contributed by atoms with Gasteiger partial charge in [0, 0.05) is 5.56 Å². The molecule has 1 heterocycles. The number of fused-ring (bicyclic) bond motifs is 1. The van der Waals surface area contributed by atoms with Gasteiger partial charge in [-0.2, -0.15) is 0 Å². The molecule has 3 nitrogen and oxygen atoms in total. The molecule has 2 atom stereocenters. The van der Waals surface area contributed by atoms with Crippen LogP contribution in [0.15, 0.2) is 48.5 Å². The van der Waals surface area contributed by atoms with E-state index >= 15 is 0 Å². The first-order valence-electron chi connectivity index (χ1n) is 7.64. The molecular formula is C18H19FN2OS2. The molecule has 0 aliphatic heterocycles. The maximum Gasteiger partial charge on any atom is 0.128 e. The van der Waals surface area contributed by atoms with Gasteiger partial charge in [0.1, 0.15) is 10.8 Å². The number of hydrogen-bond donors (Lipinski definition) is 1. The van der Waals surface area contributed by atoms with Gasteiger partial charge in [-0.1, -0.05) is 30.3 Å². The summed E-state index contributed by atoms with van der Waals surface area (Å²) in [6.45, 7) is 5.65. The second-order valence-corrected chi connectivity index (χ2v) is 9.53. The van der Waals surface area contributed by atoms with E-state index in [1.165, 1.54) is 17.4 Å². The van der Waals surface area contributed by atoms with Gasteiger partial charge in [-0.3, -0.25) is 0 Å². The molecule has 1 unspecified atom stereocenters. The van der Waals surface area contributed by atoms with Crippen molar-refractivity contribution in [2.75, 3.05) is 0 Å². The molecule has 1 N–H and O–H groups in total. The standard InChI is InChI=1S/C18H19FN2OS2/c1-18(2,3)24(22)21-16(12-8-4-5-9-13(12)19)17-20-14-10-6-7-11-15(14)23-17/h4-11,16,21H,1-3H3/t16-,24?/m0/s1. The van der Waals surface area contributed by atoms with Gasteiger partial charge in [-0.05, 0) is 39.0 Å². The number of thiazole rings is 1. The molecule has 0 amide bonds. The molecule has 0 aliphatic carbocycles. The van der Waals surface area contributed by atoms with Crippen LogP contribution in [0.1, 0.15) is 37.4 Å². The number of benzene rings is 2. The van der Waals surface area contributed by atoms with Crippen molar-refractivity contribution in [3.8, 4) is 0 Å². The fourth-order valence-electron chi connectivity index (χ4n) is 2.25. The molecular weight excluding hydrogens is 343 g/mol. The predicted molar refractivity (Wildman–Crippen MR) is 98.9 cm³/mol. The van der Waals surface area contributed by atoms with Gasteiger partial charge in [0.2, 0.25) is 0 Å². The van der Waals surface area contributed by atoms with Crippen molar-refractivity contribution in [1.82, 2.24) is 9.71 Å². The van der Waals surface area contributed by atoms with E-state index in [1.54, 1.807) is 18.2 Å². The molecule has 0 spiro atoms. The highest BCUT2D eigenvalue weighted by Gasteiger charge is 2.28. The predicted octanol–water partition coefficient (Wildman–Crippen LogP) is 4.58. The van der Waals surface area contributed by atoms with Crippen LogP contribution in [0.5, 0.6) is 0 Å². The summed E-state index contributed by atoms with van der Waals surface area (Å²) in [7, 11) is -1.35. The van der Waals surface area contributed by atoms with Crippen molar-refractivity contribution in [3.63, 3.8) is 0 Å². The second kappa shape index (κ2) is 6.70. The SMILES string of the molecule is CC(C)(C)S(=O)N[C@H](c1nc2ccccc2s1)c1ccccc1F. The smallest absolute Gasteiger partial charge is 0.128 e. The average Bonchev–Trinajstić information content (AvgIpc) is 2.96. The van der Waals surface area contributed by atoms with Gasteiger partial charge < -0.3 is 0 Å². The molecule has 3 aromatic rings. The van der Waals surface area contributed by atoms with Crippen LogP contribution >= 0.6 is 11.3 Å². The van der Waals surface area contributed by atoms with Crippen LogP contribution in [-0.2, 0) is 11.0 Å². The first-order valence-corrected chi connectivity index (χ1v) is 9.61. The van der Waals surface area contributed by atoms with Gasteiger partial charge in [-0.25, -0.2) is 18.3 Å². The zero-order valence-corrected chi connectivity index (χ0v) is 15.4. The van der Waals surface area contributed by atoms with Crippen LogP contribution in [0.25, 0.3) is 10.2 Å². The Morgan fingerprint density at radius 2 is 1.79 bits per heavy atom. The lowest BCUT2D eigenvalue weighted by Crippen LogP contribution is -2.36. The van der Waals surface area contributed by atoms with E-state index in [1.807, 2.05) is 45.0 Å². The molecule has 3 rings (SSSR count). The van der Waals surface area contributed by atoms with Crippen molar-refractivity contribution in [3.05, 3.63) is 64.9 Å². The molecule has 0 saturated heterocycles. The minimum atomic E-state index is -1.35. The van der Waals surface area contributed by atoms with Crippen molar-refractivity contribution in [1.29, 1.82) is 0 Å². The van der Waals surface area contributed by atoms with Crippen LogP contribution in [-0.4, -0.2) is 13.9 Å². The monoisotopic (exact) mass is 362 g/mol. The van der Waals surface area contributed by atoms with Crippen LogP contribution in [0.3, 0.4) is 0 Å². The highest BCUT2D eigenvalue weighted by atomic mass is 32.2. The summed E-state index contributed by atoms with van der Waals surface area (Å²) >= 11 is 1.49. The van der Waals surface area contributed by atoms with Crippen molar-refractivity contribution in [2.45, 2.75) is 31.6 Å². The van der Waals surface area contributed by atoms with Gasteiger partial charge in [0.25, 0.3) is 0 Å². The quantitative estimate of drug-likeness (QED) is 0.738. The molecule has 0 bridgehead atoms. The Balaban J connectivity index is 2.07. The summed E-state index contributed by atoms with van der Waals surface area (Å²) in [5.41, 5.74) is 1.32. The van der Waals surface area contributed by atoms with Crippen LogP contribution in [0.4, 0.5) is 4.39 Å². The number of rotatable bonds is 4. The Morgan fingerprint density at radius 1 is 1.12 bits per heavy atom. The van der Waals surface area contributed by atoms with Crippen LogP contribution < -0.4 is 4.72 Å². The first kappa shape index (κ1) is 17.2. The number of aromatic nitrogens is 1. The zero-order valence-electron chi connectivity index (χ0n) is 13.7. The minimum absolute atomic E-state index is 0.333. The highest BCUT2D eigenvalue weighted by Crippen LogP contribution is 2.32. The van der Waals surface area contributed by atoms with Crippen LogP contribution in [0.2, 0.25) is 0 Å². The number of nitrogens with zero attached hydrogens (tertiary/aromatic N) is 1. The van der Waals surface area contributed by atoms with E-state index in [2.05, 4.69) is 9.71 Å². The Bertz CT molecular complexity index is 853. The van der Waals surface area contributed by atoms with Crippen LogP contribution in [0, 0.1) is 5.82 Å². The number of nitrogens with one attached hydrogen (secondary N) is 1. The largest absolute Gasteiger partial charge is 0.242 e. The van der Waals surface area contributed by atoms with E-state index in [4.69, 9.17) is 0 Å². The summed E-state index contributed by atoms with van der Waals surface area (Å²) in [5.74, 6) is -0.333. The van der Waals surface area contributed by atoms with Gasteiger partial charge in [0.15, 0.2) is 0 Å². The number of halogens is 1. The number of para-hydroxylation sites is 1. The van der Waals surface area contributed by atoms with E-state index in [-0.39, 0.29) is 5.82 Å². The Kier molecular flexibility index (Phi) is 4.80. The fraction of sp³-hybridized carbons (Fsp3) is 0.278. The maximum absolute atomic E-state index is 14.4. The average molecular weight is 362 g/mol. The normalized spacial score (nSPS) is 14.7. The highest BCUT2D eigenvalue weighted by molar-refractivity contribution is 7.84. The lowest BCUT2D eigenvalue weighted by Gasteiger charge is -2.23. The number of hydrogen-bond acceptors (Lipinski definition) is 3. The van der Waals surface area contributed by atoms with Crippen molar-refractivity contribution < 1.29 is 8.60 Å². The topological polar surface area (TPSA) is 42.0 Å². The Morgan fingerprint density at radius 3 is 2.46 bits per heavy atom. The summed E-state index contributed by atoms with van der Waals surface area (Å²) < 4.78 is 30.6. The van der Waals surface area contributed by atoms with E-state index in [9.17, 15) is 8.60 Å². The third-order valence-electron chi connectivity index (χ3n) is 3.55. The molecule has 126 valence electrons. The summed E-state index contributed by atoms with van der Waals surface area (Å²) in [5, 5.41) is 0.707. The van der Waals surface area contributed by atoms with Gasteiger partial charge >= 0.3 is 0 Å². The third-order valence-corrected chi connectivity index (χ3v) is 6.22. The zero-order chi connectivity index (χ0) is 17.3. The first-order chi connectivity index (χ1) is 11.4. The molecule has 0 saturated carbocycles. The van der Waals surface area contributed by atoms with Crippen molar-refractivity contribution >= 4 is 32.5 Å². The molecule has 0 radical (unpaired) electrons. The second-order valence-electron chi connectivity index (χ2n) is 6.47.